The molecule has 0 aliphatic heterocycles. The number of esters is 1. The maximum absolute atomic E-state index is 14.5. The summed E-state index contributed by atoms with van der Waals surface area (Å²) in [6.45, 7) is 2.36. The molecule has 5 heteroatoms. The average Bonchev–Trinajstić information content (AvgIpc) is 3.20. The summed E-state index contributed by atoms with van der Waals surface area (Å²) in [5.74, 6) is 1.38. The van der Waals surface area contributed by atoms with Crippen LogP contribution in [0.4, 0.5) is 4.39 Å². The first kappa shape index (κ1) is 18.8. The van der Waals surface area contributed by atoms with Crippen molar-refractivity contribution in [2.75, 3.05) is 7.11 Å². The lowest BCUT2D eigenvalue weighted by atomic mass is 10.1. The third-order valence-corrected chi connectivity index (χ3v) is 6.03. The van der Waals surface area contributed by atoms with Gasteiger partial charge in [0.2, 0.25) is 0 Å². The topological polar surface area (TPSA) is 44.8 Å². The zero-order valence-corrected chi connectivity index (χ0v) is 16.2. The van der Waals surface area contributed by atoms with E-state index < -0.39 is 11.8 Å². The highest BCUT2D eigenvalue weighted by molar-refractivity contribution is 5.93. The fraction of sp³-hybridized carbons (Fsp3) is 0.435. The van der Waals surface area contributed by atoms with E-state index in [4.69, 9.17) is 14.2 Å². The predicted octanol–water partition coefficient (Wildman–Crippen LogP) is 5.00. The third kappa shape index (κ3) is 3.71. The second-order valence-electron chi connectivity index (χ2n) is 7.66. The number of rotatable bonds is 7. The molecule has 2 aromatic carbocycles. The molecule has 0 spiro atoms. The highest BCUT2D eigenvalue weighted by Crippen LogP contribution is 2.59. The van der Waals surface area contributed by atoms with Crippen LogP contribution in [0.3, 0.4) is 0 Å². The second kappa shape index (κ2) is 7.82. The van der Waals surface area contributed by atoms with Gasteiger partial charge in [0.25, 0.3) is 0 Å². The Morgan fingerprint density at radius 3 is 2.46 bits per heavy atom. The van der Waals surface area contributed by atoms with Gasteiger partial charge in [-0.3, -0.25) is 0 Å². The fourth-order valence-electron chi connectivity index (χ4n) is 4.56. The lowest BCUT2D eigenvalue weighted by molar-refractivity contribution is 0.0468. The van der Waals surface area contributed by atoms with Crippen LogP contribution < -0.4 is 9.47 Å². The summed E-state index contributed by atoms with van der Waals surface area (Å²) in [5, 5.41) is 0. The summed E-state index contributed by atoms with van der Waals surface area (Å²) < 4.78 is 31.0. The monoisotopic (exact) mass is 384 g/mol. The molecule has 0 N–H and O–H groups in total. The van der Waals surface area contributed by atoms with Crippen LogP contribution in [-0.2, 0) is 11.3 Å². The van der Waals surface area contributed by atoms with Crippen molar-refractivity contribution in [3.63, 3.8) is 0 Å². The maximum Gasteiger partial charge on any atom is 0.342 e. The number of carbonyl (C=O) groups is 1. The lowest BCUT2D eigenvalue weighted by Crippen LogP contribution is -2.17. The average molecular weight is 384 g/mol. The number of halogens is 1. The minimum Gasteiger partial charge on any atom is -0.496 e. The van der Waals surface area contributed by atoms with Crippen molar-refractivity contribution in [3.8, 4) is 11.5 Å². The van der Waals surface area contributed by atoms with Gasteiger partial charge in [-0.15, -0.1) is 0 Å². The molecule has 0 radical (unpaired) electrons. The minimum absolute atomic E-state index is 0.00823. The zero-order valence-electron chi connectivity index (χ0n) is 16.2. The van der Waals surface area contributed by atoms with Gasteiger partial charge in [-0.2, -0.15) is 0 Å². The van der Waals surface area contributed by atoms with Crippen LogP contribution in [0.2, 0.25) is 0 Å². The Morgan fingerprint density at radius 2 is 1.82 bits per heavy atom. The van der Waals surface area contributed by atoms with Crippen LogP contribution in [0, 0.1) is 23.6 Å². The highest BCUT2D eigenvalue weighted by atomic mass is 19.1. The second-order valence-corrected chi connectivity index (χ2v) is 7.66. The van der Waals surface area contributed by atoms with Crippen molar-refractivity contribution in [2.24, 2.45) is 17.8 Å². The molecule has 4 nitrogen and oxygen atoms in total. The molecule has 2 saturated carbocycles. The first-order chi connectivity index (χ1) is 13.6. The van der Waals surface area contributed by atoms with Gasteiger partial charge in [0.15, 0.2) is 11.6 Å². The highest BCUT2D eigenvalue weighted by Gasteiger charge is 2.55. The summed E-state index contributed by atoms with van der Waals surface area (Å²) >= 11 is 0. The molecule has 28 heavy (non-hydrogen) atoms. The molecule has 0 heterocycles. The third-order valence-electron chi connectivity index (χ3n) is 6.03. The first-order valence-corrected chi connectivity index (χ1v) is 9.86. The van der Waals surface area contributed by atoms with Gasteiger partial charge in [0.05, 0.1) is 13.2 Å². The van der Waals surface area contributed by atoms with Crippen molar-refractivity contribution in [1.82, 2.24) is 0 Å². The largest absolute Gasteiger partial charge is 0.496 e. The van der Waals surface area contributed by atoms with Crippen LogP contribution in [-0.4, -0.2) is 19.2 Å². The lowest BCUT2D eigenvalue weighted by Gasteiger charge is -2.18. The van der Waals surface area contributed by atoms with Crippen LogP contribution in [0.25, 0.3) is 0 Å². The van der Waals surface area contributed by atoms with E-state index in [1.165, 1.54) is 25.7 Å². The summed E-state index contributed by atoms with van der Waals surface area (Å²) in [5.41, 5.74) is 1.05. The Morgan fingerprint density at radius 1 is 1.11 bits per heavy atom. The number of carbonyl (C=O) groups excluding carboxylic acids is 1. The quantitative estimate of drug-likeness (QED) is 0.630. The molecule has 0 aromatic heterocycles. The van der Waals surface area contributed by atoms with Gasteiger partial charge in [0, 0.05) is 12.1 Å². The Hall–Kier alpha value is -2.56. The normalized spacial score (nSPS) is 25.1. The number of hydrogen-bond acceptors (Lipinski definition) is 4. The van der Waals surface area contributed by atoms with Gasteiger partial charge in [-0.1, -0.05) is 43.7 Å². The van der Waals surface area contributed by atoms with E-state index in [0.717, 1.165) is 24.3 Å². The standard InChI is InChI=1S/C23H25FO4/c1-3-16-17-9-15(10-18(16)17)28-22-11-19(21(26-2)12-20(22)24)23(25)27-13-14-7-5-4-6-8-14/h4-8,11-12,15-18H,3,9-10,13H2,1-2H3/t15?,16?,17-,18+. The Kier molecular flexibility index (Phi) is 5.25. The van der Waals surface area contributed by atoms with E-state index in [0.29, 0.717) is 11.8 Å². The van der Waals surface area contributed by atoms with E-state index >= 15 is 0 Å². The Balaban J connectivity index is 1.45. The fourth-order valence-corrected chi connectivity index (χ4v) is 4.56. The molecule has 0 bridgehead atoms. The molecule has 4 atom stereocenters. The Labute approximate surface area is 164 Å². The minimum atomic E-state index is -0.564. The molecule has 148 valence electrons. The van der Waals surface area contributed by atoms with Crippen molar-refractivity contribution >= 4 is 5.97 Å². The van der Waals surface area contributed by atoms with Crippen molar-refractivity contribution < 1.29 is 23.4 Å². The van der Waals surface area contributed by atoms with Crippen LogP contribution in [0.5, 0.6) is 11.5 Å². The van der Waals surface area contributed by atoms with Crippen LogP contribution >= 0.6 is 0 Å². The number of ether oxygens (including phenoxy) is 3. The Bertz CT molecular complexity index is 839. The number of fused-ring (bicyclic) bond motifs is 1. The van der Waals surface area contributed by atoms with E-state index in [1.807, 2.05) is 30.3 Å². The molecule has 4 rings (SSSR count). The van der Waals surface area contributed by atoms with Gasteiger partial charge in [0.1, 0.15) is 17.9 Å². The van der Waals surface area contributed by atoms with E-state index in [1.54, 1.807) is 0 Å². The zero-order chi connectivity index (χ0) is 19.7. The van der Waals surface area contributed by atoms with E-state index in [-0.39, 0.29) is 29.8 Å². The van der Waals surface area contributed by atoms with Crippen LogP contribution in [0.1, 0.15) is 42.1 Å². The molecule has 0 saturated heterocycles. The summed E-state index contributed by atoms with van der Waals surface area (Å²) in [4.78, 5) is 12.6. The van der Waals surface area contributed by atoms with Crippen molar-refractivity contribution in [1.29, 1.82) is 0 Å². The molecule has 2 aliphatic carbocycles. The molecule has 0 amide bonds. The van der Waals surface area contributed by atoms with Gasteiger partial charge >= 0.3 is 5.97 Å². The van der Waals surface area contributed by atoms with Crippen molar-refractivity contribution in [3.05, 3.63) is 59.4 Å². The molecular weight excluding hydrogens is 359 g/mol. The van der Waals surface area contributed by atoms with Crippen molar-refractivity contribution in [2.45, 2.75) is 38.9 Å². The summed E-state index contributed by atoms with van der Waals surface area (Å²) in [6.07, 6.45) is 3.13. The van der Waals surface area contributed by atoms with Gasteiger partial charge in [-0.25, -0.2) is 9.18 Å². The molecule has 2 unspecified atom stereocenters. The SMILES string of the molecule is CCC1[C@H]2CC(Oc3cc(C(=O)OCc4ccccc4)c(OC)cc3F)C[C@@H]12. The van der Waals surface area contributed by atoms with Crippen LogP contribution in [0.15, 0.2) is 42.5 Å². The first-order valence-electron chi connectivity index (χ1n) is 9.86. The predicted molar refractivity (Wildman–Crippen MR) is 103 cm³/mol. The van der Waals surface area contributed by atoms with Gasteiger partial charge in [-0.05, 0) is 36.2 Å². The molecule has 2 aliphatic rings. The molecule has 2 aromatic rings. The molecular formula is C23H25FO4. The van der Waals surface area contributed by atoms with Gasteiger partial charge < -0.3 is 14.2 Å². The smallest absolute Gasteiger partial charge is 0.342 e. The molecule has 2 fully saturated rings. The number of benzene rings is 2. The van der Waals surface area contributed by atoms with E-state index in [2.05, 4.69) is 6.92 Å². The summed E-state index contributed by atoms with van der Waals surface area (Å²) in [6, 6.07) is 12.0. The maximum atomic E-state index is 14.5. The van der Waals surface area contributed by atoms with E-state index in [9.17, 15) is 9.18 Å². The number of hydrogen-bond donors (Lipinski definition) is 0. The summed E-state index contributed by atoms with van der Waals surface area (Å²) in [7, 11) is 1.40. The number of methoxy groups -OCH3 is 1.